The molecule has 10 nitrogen and oxygen atoms in total. The van der Waals surface area contributed by atoms with Crippen molar-refractivity contribution in [3.63, 3.8) is 0 Å². The number of hydrogen-bond donors (Lipinski definition) is 0. The summed E-state index contributed by atoms with van der Waals surface area (Å²) in [4.78, 5) is 65.7. The number of carbonyl (C=O) groups excluding carboxylic acids is 4. The third kappa shape index (κ3) is 6.75. The summed E-state index contributed by atoms with van der Waals surface area (Å²) in [6.45, 7) is 8.03. The molecule has 0 aliphatic carbocycles. The molecule has 0 atom stereocenters. The lowest BCUT2D eigenvalue weighted by molar-refractivity contribution is 0.0515. The number of rotatable bonds is 14. The zero-order chi connectivity index (χ0) is 50.3. The lowest BCUT2D eigenvalue weighted by Crippen LogP contribution is -2.47. The summed E-state index contributed by atoms with van der Waals surface area (Å²) < 4.78 is 22.5. The molecule has 0 radical (unpaired) electrons. The van der Waals surface area contributed by atoms with Crippen LogP contribution in [-0.4, -0.2) is 74.0 Å². The maximum atomic E-state index is 15.7. The second-order valence-electron chi connectivity index (χ2n) is 18.7. The predicted octanol–water partition coefficient (Wildman–Crippen LogP) is 14.0. The second-order valence-corrected chi connectivity index (χ2v) is 18.7. The fourth-order valence-corrected chi connectivity index (χ4v) is 11.6. The highest BCUT2D eigenvalue weighted by Crippen LogP contribution is 2.54. The van der Waals surface area contributed by atoms with Crippen molar-refractivity contribution >= 4 is 66.7 Å². The van der Waals surface area contributed by atoms with E-state index >= 15 is 19.2 Å². The maximum Gasteiger partial charge on any atom is 0.262 e. The summed E-state index contributed by atoms with van der Waals surface area (Å²) in [6.07, 6.45) is 2.30. The Hall–Kier alpha value is -8.24. The molecule has 9 aromatic rings. The smallest absolute Gasteiger partial charge is 0.262 e. The lowest BCUT2D eigenvalue weighted by Gasteiger charge is -2.37. The maximum absolute atomic E-state index is 15.7. The molecule has 0 fully saturated rings. The van der Waals surface area contributed by atoms with Crippen LogP contribution < -0.4 is 18.9 Å². The van der Waals surface area contributed by atoms with Gasteiger partial charge >= 0.3 is 0 Å². The van der Waals surface area contributed by atoms with Crippen molar-refractivity contribution in [2.45, 2.75) is 65.5 Å². The third-order valence-electron chi connectivity index (χ3n) is 15.3. The molecule has 0 saturated carbocycles. The Morgan fingerprint density at radius 2 is 0.542 bits per heavy atom. The normalized spacial score (nSPS) is 13.5. The Kier molecular flexibility index (Phi) is 11.5. The zero-order valence-electron chi connectivity index (χ0n) is 41.7. The van der Waals surface area contributed by atoms with Gasteiger partial charge in [0.2, 0.25) is 0 Å². The average molecular weight is 955 g/mol. The van der Waals surface area contributed by atoms with E-state index in [0.29, 0.717) is 104 Å². The number of methoxy groups -OCH3 is 4. The van der Waals surface area contributed by atoms with Gasteiger partial charge in [-0.1, -0.05) is 76.2 Å². The van der Waals surface area contributed by atoms with Gasteiger partial charge in [-0.15, -0.1) is 0 Å². The van der Waals surface area contributed by atoms with E-state index in [2.05, 4.69) is 24.3 Å². The van der Waals surface area contributed by atoms with Crippen molar-refractivity contribution in [2.75, 3.05) is 28.4 Å². The van der Waals surface area contributed by atoms with Gasteiger partial charge in [0.15, 0.2) is 0 Å². The first-order valence-electron chi connectivity index (χ1n) is 24.7. The Bertz CT molecular complexity index is 3220. The average Bonchev–Trinajstić information content (AvgIpc) is 3.42. The minimum atomic E-state index is -0.362. The van der Waals surface area contributed by atoms with Crippen LogP contribution >= 0.6 is 0 Å². The molecule has 360 valence electrons. The molecule has 72 heavy (non-hydrogen) atoms. The topological polar surface area (TPSA) is 112 Å². The van der Waals surface area contributed by atoms with Crippen LogP contribution in [0.5, 0.6) is 23.0 Å². The number of fused-ring (bicyclic) bond motifs is 2. The van der Waals surface area contributed by atoms with Crippen LogP contribution in [0.4, 0.5) is 0 Å². The van der Waals surface area contributed by atoms with Gasteiger partial charge in [0.05, 0.1) is 50.7 Å². The van der Waals surface area contributed by atoms with Crippen molar-refractivity contribution in [1.29, 1.82) is 0 Å². The van der Waals surface area contributed by atoms with E-state index in [1.807, 2.05) is 125 Å². The summed E-state index contributed by atoms with van der Waals surface area (Å²) in [5.74, 6) is 1.18. The van der Waals surface area contributed by atoms with Gasteiger partial charge in [0.1, 0.15) is 23.0 Å². The number of nitrogens with zero attached hydrogens (tertiary/aromatic N) is 2. The molecule has 0 saturated heterocycles. The first-order chi connectivity index (χ1) is 35.0. The molecule has 9 aromatic carbocycles. The fourth-order valence-electron chi connectivity index (χ4n) is 11.6. The van der Waals surface area contributed by atoms with Crippen molar-refractivity contribution < 1.29 is 38.1 Å². The van der Waals surface area contributed by atoms with Crippen molar-refractivity contribution in [2.24, 2.45) is 0 Å². The monoisotopic (exact) mass is 954 g/mol. The summed E-state index contributed by atoms with van der Waals surface area (Å²) in [5.41, 5.74) is 7.36. The van der Waals surface area contributed by atoms with Gasteiger partial charge in [-0.3, -0.25) is 29.0 Å². The van der Waals surface area contributed by atoms with Gasteiger partial charge in [-0.25, -0.2) is 0 Å². The Morgan fingerprint density at radius 3 is 0.722 bits per heavy atom. The van der Waals surface area contributed by atoms with Crippen LogP contribution in [0.15, 0.2) is 121 Å². The van der Waals surface area contributed by atoms with E-state index in [0.717, 1.165) is 54.6 Å². The molecular formula is C62H54N2O8. The summed E-state index contributed by atoms with van der Waals surface area (Å²) in [6, 6.07) is 38.2. The largest absolute Gasteiger partial charge is 0.497 e. The highest BCUT2D eigenvalue weighted by atomic mass is 16.5. The first-order valence-corrected chi connectivity index (χ1v) is 24.7. The zero-order valence-corrected chi connectivity index (χ0v) is 41.7. The fraction of sp³-hybridized carbons (Fsp3) is 0.226. The van der Waals surface area contributed by atoms with Gasteiger partial charge in [0.25, 0.3) is 23.6 Å². The number of imide groups is 2. The SMILES string of the molecule is CCC(CC)N1C(=O)c2c(-c3ccc(OC)cc3)cc3c4cc(-c5ccc(OC)cc5)c5c6c(c(-c7ccc(OC)cc7)cc(c7cc(-c8ccc(OC)cc8)c(c2c37)C1=O)c64)C(=O)N(C(CC)CC)C5=O. The molecule has 0 spiro atoms. The molecule has 2 aliphatic heterocycles. The summed E-state index contributed by atoms with van der Waals surface area (Å²) in [7, 11) is 6.47. The third-order valence-corrected chi connectivity index (χ3v) is 15.3. The molecule has 0 unspecified atom stereocenters. The number of benzene rings is 9. The van der Waals surface area contributed by atoms with Crippen LogP contribution in [0.3, 0.4) is 0 Å². The first kappa shape index (κ1) is 46.2. The second kappa shape index (κ2) is 17.9. The number of ether oxygens (including phenoxy) is 4. The molecule has 0 bridgehead atoms. The van der Waals surface area contributed by atoms with Gasteiger partial charge in [0, 0.05) is 22.9 Å². The Labute approximate surface area is 418 Å². The molecule has 0 N–H and O–H groups in total. The standard InChI is InChI=1S/C62H54N2O8/c1-9-37(10-2)63-59(65)53-43(33-13-21-39(69-5)22-14-33)29-47-49-31-45(35-17-25-41(71-7)26-18-35)55-58-52(49)50(48-30-44(34-15-23-40(70-6)24-16-34)54(60(63)66)57(53)51(47)48)32-46(36-19-27-42(72-8)28-20-36)56(58)62(68)64(61(55)67)38(11-3)12-4/h13-32,37-38H,9-12H2,1-8H3. The van der Waals surface area contributed by atoms with Crippen molar-refractivity contribution in [3.05, 3.63) is 144 Å². The minimum Gasteiger partial charge on any atom is -0.497 e. The van der Waals surface area contributed by atoms with Crippen molar-refractivity contribution in [1.82, 2.24) is 9.80 Å². The van der Waals surface area contributed by atoms with E-state index in [1.54, 1.807) is 28.4 Å². The minimum absolute atomic E-state index is 0.358. The molecule has 2 aliphatic rings. The number of amides is 4. The van der Waals surface area contributed by atoms with Gasteiger partial charge in [-0.2, -0.15) is 0 Å². The van der Waals surface area contributed by atoms with E-state index in [-0.39, 0.29) is 35.7 Å². The van der Waals surface area contributed by atoms with Crippen molar-refractivity contribution in [3.8, 4) is 67.5 Å². The molecule has 0 aromatic heterocycles. The highest BCUT2D eigenvalue weighted by Gasteiger charge is 2.44. The van der Waals surface area contributed by atoms with E-state index in [4.69, 9.17) is 18.9 Å². The van der Waals surface area contributed by atoms with Crippen LogP contribution in [0.25, 0.3) is 87.6 Å². The van der Waals surface area contributed by atoms with Gasteiger partial charge in [-0.05, 0) is 175 Å². The van der Waals surface area contributed by atoms with Crippen LogP contribution in [0.2, 0.25) is 0 Å². The molecule has 10 heteroatoms. The van der Waals surface area contributed by atoms with Crippen LogP contribution in [0.1, 0.15) is 94.8 Å². The van der Waals surface area contributed by atoms with E-state index in [9.17, 15) is 0 Å². The Morgan fingerprint density at radius 1 is 0.333 bits per heavy atom. The number of carbonyl (C=O) groups is 4. The number of hydrogen-bond acceptors (Lipinski definition) is 8. The van der Waals surface area contributed by atoms with Gasteiger partial charge < -0.3 is 18.9 Å². The Balaban J connectivity index is 1.42. The summed E-state index contributed by atoms with van der Waals surface area (Å²) in [5, 5.41) is 5.68. The van der Waals surface area contributed by atoms with Crippen LogP contribution in [0, 0.1) is 0 Å². The van der Waals surface area contributed by atoms with E-state index < -0.39 is 0 Å². The molecule has 11 rings (SSSR count). The quantitative estimate of drug-likeness (QED) is 0.0602. The molecular weight excluding hydrogens is 901 g/mol. The lowest BCUT2D eigenvalue weighted by atomic mass is 9.75. The van der Waals surface area contributed by atoms with Crippen LogP contribution in [-0.2, 0) is 0 Å². The highest BCUT2D eigenvalue weighted by molar-refractivity contribution is 6.45. The predicted molar refractivity (Wildman–Crippen MR) is 285 cm³/mol. The molecule has 2 heterocycles. The van der Waals surface area contributed by atoms with E-state index in [1.165, 1.54) is 9.80 Å². The summed E-state index contributed by atoms with van der Waals surface area (Å²) >= 11 is 0. The molecule has 4 amide bonds.